The van der Waals surface area contributed by atoms with E-state index in [0.29, 0.717) is 10.9 Å². The number of nitrogens with zero attached hydrogens (tertiary/aromatic N) is 2. The highest BCUT2D eigenvalue weighted by Gasteiger charge is 2.17. The van der Waals surface area contributed by atoms with E-state index in [1.54, 1.807) is 6.07 Å². The van der Waals surface area contributed by atoms with Gasteiger partial charge in [-0.25, -0.2) is 4.98 Å². The summed E-state index contributed by atoms with van der Waals surface area (Å²) in [6.07, 6.45) is 1.17. The Morgan fingerprint density at radius 1 is 1.50 bits per heavy atom. The number of halogens is 2. The van der Waals surface area contributed by atoms with Gasteiger partial charge in [0, 0.05) is 9.86 Å². The van der Waals surface area contributed by atoms with Crippen molar-refractivity contribution in [2.24, 2.45) is 0 Å². The van der Waals surface area contributed by atoms with Gasteiger partial charge in [0.15, 0.2) is 0 Å². The second-order valence-corrected chi connectivity index (χ2v) is 4.59. The van der Waals surface area contributed by atoms with Crippen molar-refractivity contribution in [1.29, 1.82) is 0 Å². The number of hydrogen-bond acceptors (Lipinski definition) is 3. The number of aryl methyl sites for hydroxylation is 1. The first kappa shape index (κ1) is 11.3. The molecule has 6 heteroatoms. The summed E-state index contributed by atoms with van der Waals surface area (Å²) in [4.78, 5) is 14.2. The second-order valence-electron chi connectivity index (χ2n) is 3.36. The molecule has 1 aromatic carbocycles. The van der Waals surface area contributed by atoms with Gasteiger partial charge in [0.1, 0.15) is 11.2 Å². The number of benzene rings is 1. The minimum absolute atomic E-state index is 0.124. The van der Waals surface area contributed by atoms with Gasteiger partial charge in [0.05, 0.1) is 10.4 Å². The third-order valence-corrected chi connectivity index (χ3v) is 3.18. The molecule has 0 aliphatic carbocycles. The van der Waals surface area contributed by atoms with E-state index >= 15 is 0 Å². The first-order chi connectivity index (χ1) is 7.50. The van der Waals surface area contributed by atoms with Gasteiger partial charge in [-0.05, 0) is 40.5 Å². The topological polar surface area (TPSA) is 56.0 Å². The number of nitro groups is 1. The zero-order valence-electron chi connectivity index (χ0n) is 8.20. The number of hydrogen-bond donors (Lipinski definition) is 0. The largest absolute Gasteiger partial charge is 0.306 e. The highest BCUT2D eigenvalue weighted by Crippen LogP contribution is 2.34. The van der Waals surface area contributed by atoms with Gasteiger partial charge >= 0.3 is 5.69 Å². The third kappa shape index (κ3) is 1.76. The molecule has 0 atom stereocenters. The minimum Gasteiger partial charge on any atom is -0.258 e. The molecule has 1 heterocycles. The smallest absolute Gasteiger partial charge is 0.258 e. The van der Waals surface area contributed by atoms with E-state index in [1.807, 2.05) is 13.0 Å². The average Bonchev–Trinajstić information content (AvgIpc) is 2.19. The molecular formula is C10H6BrClN2O2. The van der Waals surface area contributed by atoms with Gasteiger partial charge in [-0.2, -0.15) is 0 Å². The lowest BCUT2D eigenvalue weighted by Gasteiger charge is -2.04. The Morgan fingerprint density at radius 3 is 2.81 bits per heavy atom. The van der Waals surface area contributed by atoms with Crippen molar-refractivity contribution in [1.82, 2.24) is 4.98 Å². The Hall–Kier alpha value is -1.20. The molecule has 0 fully saturated rings. The average molecular weight is 302 g/mol. The maximum absolute atomic E-state index is 10.7. The van der Waals surface area contributed by atoms with Crippen LogP contribution in [0.3, 0.4) is 0 Å². The van der Waals surface area contributed by atoms with Crippen LogP contribution in [0, 0.1) is 17.0 Å². The lowest BCUT2D eigenvalue weighted by atomic mass is 10.1. The highest BCUT2D eigenvalue weighted by atomic mass is 79.9. The van der Waals surface area contributed by atoms with Gasteiger partial charge in [-0.15, -0.1) is 0 Å². The molecule has 0 N–H and O–H groups in total. The van der Waals surface area contributed by atoms with E-state index in [4.69, 9.17) is 11.6 Å². The van der Waals surface area contributed by atoms with Crippen molar-refractivity contribution in [2.75, 3.05) is 0 Å². The molecule has 82 valence electrons. The Morgan fingerprint density at radius 2 is 2.19 bits per heavy atom. The molecule has 1 aromatic heterocycles. The molecule has 0 saturated carbocycles. The highest BCUT2D eigenvalue weighted by molar-refractivity contribution is 9.10. The standard InChI is InChI=1S/C10H6BrClN2O2/c1-5-2-6-9(12)8(14(15)16)4-13-10(6)7(11)3-5/h2-4H,1H3. The van der Waals surface area contributed by atoms with Crippen molar-refractivity contribution in [2.45, 2.75) is 6.92 Å². The molecule has 0 bridgehead atoms. The SMILES string of the molecule is Cc1cc(Br)c2ncc([N+](=O)[O-])c(Cl)c2c1. The summed E-state index contributed by atoms with van der Waals surface area (Å²) in [6, 6.07) is 3.67. The normalized spacial score (nSPS) is 10.7. The van der Waals surface area contributed by atoms with Gasteiger partial charge in [0.25, 0.3) is 0 Å². The van der Waals surface area contributed by atoms with E-state index in [0.717, 1.165) is 10.0 Å². The van der Waals surface area contributed by atoms with Gasteiger partial charge in [-0.3, -0.25) is 10.1 Å². The van der Waals surface area contributed by atoms with Crippen LogP contribution in [0.4, 0.5) is 5.69 Å². The van der Waals surface area contributed by atoms with Gasteiger partial charge in [0.2, 0.25) is 0 Å². The van der Waals surface area contributed by atoms with Crippen molar-refractivity contribution in [3.05, 3.63) is 43.5 Å². The quantitative estimate of drug-likeness (QED) is 0.593. The number of pyridine rings is 1. The van der Waals surface area contributed by atoms with Crippen LogP contribution in [-0.4, -0.2) is 9.91 Å². The second kappa shape index (κ2) is 3.99. The van der Waals surface area contributed by atoms with Crippen LogP contribution in [-0.2, 0) is 0 Å². The minimum atomic E-state index is -0.537. The van der Waals surface area contributed by atoms with Crippen LogP contribution in [0.5, 0.6) is 0 Å². The van der Waals surface area contributed by atoms with Crippen LogP contribution in [0.2, 0.25) is 5.02 Å². The van der Waals surface area contributed by atoms with Crippen molar-refractivity contribution in [3.63, 3.8) is 0 Å². The summed E-state index contributed by atoms with van der Waals surface area (Å²) in [5, 5.41) is 11.4. The molecule has 16 heavy (non-hydrogen) atoms. The maximum Gasteiger partial charge on any atom is 0.306 e. The van der Waals surface area contributed by atoms with Crippen molar-refractivity contribution < 1.29 is 4.92 Å². The molecule has 4 nitrogen and oxygen atoms in total. The van der Waals surface area contributed by atoms with E-state index in [-0.39, 0.29) is 10.7 Å². The summed E-state index contributed by atoms with van der Waals surface area (Å²) < 4.78 is 0.777. The molecule has 0 radical (unpaired) electrons. The maximum atomic E-state index is 10.7. The Bertz CT molecular complexity index is 601. The van der Waals surface area contributed by atoms with E-state index in [2.05, 4.69) is 20.9 Å². The predicted molar refractivity (Wildman–Crippen MR) is 65.8 cm³/mol. The molecule has 2 aromatic rings. The van der Waals surface area contributed by atoms with Crippen molar-refractivity contribution in [3.8, 4) is 0 Å². The van der Waals surface area contributed by atoms with Crippen LogP contribution in [0.1, 0.15) is 5.56 Å². The van der Waals surface area contributed by atoms with E-state index < -0.39 is 4.92 Å². The summed E-state index contributed by atoms with van der Waals surface area (Å²) in [6.45, 7) is 1.89. The fourth-order valence-electron chi connectivity index (χ4n) is 1.48. The fraction of sp³-hybridized carbons (Fsp3) is 0.100. The van der Waals surface area contributed by atoms with Crippen LogP contribution in [0.15, 0.2) is 22.8 Å². The lowest BCUT2D eigenvalue weighted by molar-refractivity contribution is -0.384. The summed E-state index contributed by atoms with van der Waals surface area (Å²) >= 11 is 9.33. The van der Waals surface area contributed by atoms with Crippen LogP contribution < -0.4 is 0 Å². The fourth-order valence-corrected chi connectivity index (χ4v) is 2.42. The van der Waals surface area contributed by atoms with Crippen molar-refractivity contribution >= 4 is 44.1 Å². The predicted octanol–water partition coefficient (Wildman–Crippen LogP) is 3.87. The zero-order chi connectivity index (χ0) is 11.9. The summed E-state index contributed by atoms with van der Waals surface area (Å²) in [7, 11) is 0. The van der Waals surface area contributed by atoms with Gasteiger partial charge < -0.3 is 0 Å². The monoisotopic (exact) mass is 300 g/mol. The first-order valence-corrected chi connectivity index (χ1v) is 5.56. The molecular weight excluding hydrogens is 295 g/mol. The van der Waals surface area contributed by atoms with Crippen LogP contribution >= 0.6 is 27.5 Å². The zero-order valence-corrected chi connectivity index (χ0v) is 10.5. The third-order valence-electron chi connectivity index (χ3n) is 2.18. The first-order valence-electron chi connectivity index (χ1n) is 4.39. The number of aromatic nitrogens is 1. The Labute approximate surface area is 105 Å². The molecule has 0 aliphatic rings. The summed E-state index contributed by atoms with van der Waals surface area (Å²) in [5.41, 5.74) is 1.41. The Balaban J connectivity index is 2.89. The van der Waals surface area contributed by atoms with Gasteiger partial charge in [-0.1, -0.05) is 11.6 Å². The van der Waals surface area contributed by atoms with Crippen LogP contribution in [0.25, 0.3) is 10.9 Å². The Kier molecular flexibility index (Phi) is 2.82. The lowest BCUT2D eigenvalue weighted by Crippen LogP contribution is -1.92. The number of fused-ring (bicyclic) bond motifs is 1. The molecule has 2 rings (SSSR count). The molecule has 0 unspecified atom stereocenters. The van der Waals surface area contributed by atoms with E-state index in [9.17, 15) is 10.1 Å². The van der Waals surface area contributed by atoms with E-state index in [1.165, 1.54) is 6.20 Å². The molecule has 0 aliphatic heterocycles. The number of rotatable bonds is 1. The summed E-state index contributed by atoms with van der Waals surface area (Å²) in [5.74, 6) is 0. The molecule has 0 saturated heterocycles. The molecule has 0 spiro atoms. The molecule has 0 amide bonds.